The minimum absolute atomic E-state index is 0.00479. The van der Waals surface area contributed by atoms with Crippen molar-refractivity contribution in [1.82, 2.24) is 9.97 Å². The first kappa shape index (κ1) is 20.4. The van der Waals surface area contributed by atoms with Crippen LogP contribution in [0.2, 0.25) is 0 Å². The third-order valence-electron chi connectivity index (χ3n) is 3.75. The summed E-state index contributed by atoms with van der Waals surface area (Å²) in [5, 5.41) is 15.0. The molecule has 1 heterocycles. The Kier molecular flexibility index (Phi) is 6.82. The molecule has 5 nitrogen and oxygen atoms in total. The van der Waals surface area contributed by atoms with Gasteiger partial charge in [-0.15, -0.1) is 0 Å². The summed E-state index contributed by atoms with van der Waals surface area (Å²) < 4.78 is 40.3. The summed E-state index contributed by atoms with van der Waals surface area (Å²) in [6.07, 6.45) is -4.60. The lowest BCUT2D eigenvalue weighted by atomic mass is 10.1. The molecule has 0 aliphatic heterocycles. The van der Waals surface area contributed by atoms with Crippen molar-refractivity contribution in [1.29, 1.82) is 0 Å². The van der Waals surface area contributed by atoms with Crippen LogP contribution in [0, 0.1) is 5.92 Å². The van der Waals surface area contributed by atoms with E-state index in [1.165, 1.54) is 0 Å². The van der Waals surface area contributed by atoms with Crippen LogP contribution in [-0.2, 0) is 12.7 Å². The van der Waals surface area contributed by atoms with Crippen molar-refractivity contribution >= 4 is 27.7 Å². The van der Waals surface area contributed by atoms with Crippen molar-refractivity contribution in [2.75, 3.05) is 17.2 Å². The lowest BCUT2D eigenvalue weighted by Crippen LogP contribution is -2.30. The smallest absolute Gasteiger partial charge is 0.394 e. The minimum Gasteiger partial charge on any atom is -0.394 e. The van der Waals surface area contributed by atoms with Crippen molar-refractivity contribution < 1.29 is 18.3 Å². The summed E-state index contributed by atoms with van der Waals surface area (Å²) in [5.74, 6) is -0.136. The third kappa shape index (κ3) is 5.57. The van der Waals surface area contributed by atoms with E-state index in [1.807, 2.05) is 38.1 Å². The van der Waals surface area contributed by atoms with Crippen molar-refractivity contribution in [3.8, 4) is 0 Å². The Balaban J connectivity index is 2.27. The molecule has 26 heavy (non-hydrogen) atoms. The van der Waals surface area contributed by atoms with Gasteiger partial charge in [0.2, 0.25) is 5.95 Å². The highest BCUT2D eigenvalue weighted by molar-refractivity contribution is 9.10. The highest BCUT2D eigenvalue weighted by Gasteiger charge is 2.34. The second-order valence-electron chi connectivity index (χ2n) is 6.08. The van der Waals surface area contributed by atoms with Gasteiger partial charge in [-0.25, -0.2) is 4.98 Å². The fraction of sp³-hybridized carbons (Fsp3) is 0.412. The van der Waals surface area contributed by atoms with Crippen molar-refractivity contribution in [2.45, 2.75) is 32.6 Å². The van der Waals surface area contributed by atoms with Gasteiger partial charge in [-0.1, -0.05) is 48.0 Å². The van der Waals surface area contributed by atoms with E-state index < -0.39 is 17.9 Å². The summed E-state index contributed by atoms with van der Waals surface area (Å²) in [5.41, 5.74) is -0.172. The molecule has 0 fully saturated rings. The fourth-order valence-corrected chi connectivity index (χ4v) is 2.59. The maximum absolute atomic E-state index is 13.2. The molecular formula is C17H20BrF3N4O. The molecule has 0 unspecified atom stereocenters. The SMILES string of the molecule is CC(C)[C@H](CO)Nc1nc(NCc2ccccc2Br)cc(C(F)(F)F)n1. The number of aliphatic hydroxyl groups excluding tert-OH is 1. The van der Waals surface area contributed by atoms with Crippen molar-refractivity contribution in [3.05, 3.63) is 46.1 Å². The van der Waals surface area contributed by atoms with Gasteiger partial charge in [-0.2, -0.15) is 18.2 Å². The predicted octanol–water partition coefficient (Wildman–Crippen LogP) is 4.30. The average molecular weight is 433 g/mol. The molecule has 9 heteroatoms. The molecule has 0 radical (unpaired) electrons. The Morgan fingerprint density at radius 3 is 2.46 bits per heavy atom. The van der Waals surface area contributed by atoms with Crippen LogP contribution < -0.4 is 10.6 Å². The largest absolute Gasteiger partial charge is 0.433 e. The number of nitrogens with one attached hydrogen (secondary N) is 2. The third-order valence-corrected chi connectivity index (χ3v) is 4.52. The first-order valence-electron chi connectivity index (χ1n) is 8.01. The van der Waals surface area contributed by atoms with Gasteiger partial charge in [0.1, 0.15) is 5.82 Å². The number of alkyl halides is 3. The molecule has 0 spiro atoms. The van der Waals surface area contributed by atoms with E-state index in [9.17, 15) is 18.3 Å². The zero-order valence-corrected chi connectivity index (χ0v) is 15.9. The maximum Gasteiger partial charge on any atom is 0.433 e. The minimum atomic E-state index is -4.60. The Hall–Kier alpha value is -1.87. The molecule has 2 aromatic rings. The Morgan fingerprint density at radius 2 is 1.88 bits per heavy atom. The van der Waals surface area contributed by atoms with Gasteiger partial charge < -0.3 is 15.7 Å². The summed E-state index contributed by atoms with van der Waals surface area (Å²) in [6.45, 7) is 3.74. The number of hydrogen-bond acceptors (Lipinski definition) is 5. The summed E-state index contributed by atoms with van der Waals surface area (Å²) in [6, 6.07) is 7.80. The van der Waals surface area contributed by atoms with E-state index in [0.717, 1.165) is 16.1 Å². The van der Waals surface area contributed by atoms with Gasteiger partial charge in [-0.3, -0.25) is 0 Å². The van der Waals surface area contributed by atoms with E-state index in [4.69, 9.17) is 0 Å². The second kappa shape index (κ2) is 8.68. The molecule has 1 aromatic carbocycles. The molecule has 0 aliphatic rings. The molecule has 2 rings (SSSR count). The number of aliphatic hydroxyl groups is 1. The normalized spacial score (nSPS) is 12.9. The molecule has 0 saturated heterocycles. The highest BCUT2D eigenvalue weighted by atomic mass is 79.9. The van der Waals surface area contributed by atoms with E-state index in [-0.39, 0.29) is 24.3 Å². The molecule has 0 amide bonds. The van der Waals surface area contributed by atoms with E-state index in [0.29, 0.717) is 6.54 Å². The van der Waals surface area contributed by atoms with Crippen LogP contribution >= 0.6 is 15.9 Å². The molecule has 0 bridgehead atoms. The average Bonchev–Trinajstić information content (AvgIpc) is 2.57. The van der Waals surface area contributed by atoms with Gasteiger partial charge in [0.15, 0.2) is 5.69 Å². The van der Waals surface area contributed by atoms with Gasteiger partial charge >= 0.3 is 6.18 Å². The quantitative estimate of drug-likeness (QED) is 0.608. The number of nitrogens with zero attached hydrogens (tertiary/aromatic N) is 2. The molecule has 0 saturated carbocycles. The predicted molar refractivity (Wildman–Crippen MR) is 97.8 cm³/mol. The van der Waals surface area contributed by atoms with Crippen LogP contribution in [0.1, 0.15) is 25.1 Å². The Bertz CT molecular complexity index is 740. The number of benzene rings is 1. The first-order valence-corrected chi connectivity index (χ1v) is 8.81. The standard InChI is InChI=1S/C17H20BrF3N4O/c1-10(2)13(9-26)23-16-24-14(17(19,20)21)7-15(25-16)22-8-11-5-3-4-6-12(11)18/h3-7,10,13,26H,8-9H2,1-2H3,(H2,22,23,24,25)/t13-/m0/s1. The van der Waals surface area contributed by atoms with Gasteiger partial charge in [0, 0.05) is 17.1 Å². The Morgan fingerprint density at radius 1 is 1.19 bits per heavy atom. The van der Waals surface area contributed by atoms with Crippen molar-refractivity contribution in [3.63, 3.8) is 0 Å². The molecule has 3 N–H and O–H groups in total. The van der Waals surface area contributed by atoms with Crippen molar-refractivity contribution in [2.24, 2.45) is 5.92 Å². The first-order chi connectivity index (χ1) is 12.2. The van der Waals surface area contributed by atoms with E-state index >= 15 is 0 Å². The molecule has 0 aliphatic carbocycles. The van der Waals surface area contributed by atoms with Crippen LogP contribution in [0.5, 0.6) is 0 Å². The van der Waals surface area contributed by atoms with E-state index in [2.05, 4.69) is 36.5 Å². The number of rotatable bonds is 7. The summed E-state index contributed by atoms with van der Waals surface area (Å²) in [4.78, 5) is 7.64. The maximum atomic E-state index is 13.2. The lowest BCUT2D eigenvalue weighted by molar-refractivity contribution is -0.141. The van der Waals surface area contributed by atoms with Gasteiger partial charge in [-0.05, 0) is 17.5 Å². The van der Waals surface area contributed by atoms with Crippen LogP contribution in [-0.4, -0.2) is 27.7 Å². The van der Waals surface area contributed by atoms with Gasteiger partial charge in [0.25, 0.3) is 0 Å². The second-order valence-corrected chi connectivity index (χ2v) is 6.94. The molecular weight excluding hydrogens is 413 g/mol. The van der Waals surface area contributed by atoms with Crippen LogP contribution in [0.25, 0.3) is 0 Å². The van der Waals surface area contributed by atoms with Gasteiger partial charge in [0.05, 0.1) is 12.6 Å². The zero-order chi connectivity index (χ0) is 19.3. The molecule has 1 atom stereocenters. The van der Waals surface area contributed by atoms with Crippen LogP contribution in [0.3, 0.4) is 0 Å². The monoisotopic (exact) mass is 432 g/mol. The topological polar surface area (TPSA) is 70.1 Å². The lowest BCUT2D eigenvalue weighted by Gasteiger charge is -2.21. The van der Waals surface area contributed by atoms with Crippen LogP contribution in [0.15, 0.2) is 34.8 Å². The number of halogens is 4. The number of aromatic nitrogens is 2. The number of anilines is 2. The van der Waals surface area contributed by atoms with Crippen LogP contribution in [0.4, 0.5) is 24.9 Å². The van der Waals surface area contributed by atoms with E-state index in [1.54, 1.807) is 0 Å². The number of hydrogen-bond donors (Lipinski definition) is 3. The molecule has 142 valence electrons. The zero-order valence-electron chi connectivity index (χ0n) is 14.3. The summed E-state index contributed by atoms with van der Waals surface area (Å²) >= 11 is 3.40. The Labute approximate surface area is 158 Å². The fourth-order valence-electron chi connectivity index (χ4n) is 2.16. The highest BCUT2D eigenvalue weighted by Crippen LogP contribution is 2.30. The molecule has 1 aromatic heterocycles. The summed E-state index contributed by atoms with van der Waals surface area (Å²) in [7, 11) is 0.